The van der Waals surface area contributed by atoms with Gasteiger partial charge in [0, 0.05) is 38.3 Å². The predicted octanol–water partition coefficient (Wildman–Crippen LogP) is 5.05. The molecule has 168 valence electrons. The zero-order chi connectivity index (χ0) is 22.2. The van der Waals surface area contributed by atoms with Gasteiger partial charge in [0.1, 0.15) is 5.82 Å². The van der Waals surface area contributed by atoms with Crippen LogP contribution in [0.1, 0.15) is 56.9 Å². The van der Waals surface area contributed by atoms with E-state index in [1.165, 1.54) is 0 Å². The van der Waals surface area contributed by atoms with E-state index in [2.05, 4.69) is 11.1 Å². The zero-order valence-corrected chi connectivity index (χ0v) is 18.1. The molecule has 1 aliphatic carbocycles. The lowest BCUT2D eigenvalue weighted by Crippen LogP contribution is -2.50. The van der Waals surface area contributed by atoms with Gasteiger partial charge >= 0.3 is 6.18 Å². The van der Waals surface area contributed by atoms with Gasteiger partial charge in [-0.3, -0.25) is 4.79 Å². The van der Waals surface area contributed by atoms with E-state index in [4.69, 9.17) is 16.9 Å². The van der Waals surface area contributed by atoms with E-state index >= 15 is 0 Å². The van der Waals surface area contributed by atoms with Crippen molar-refractivity contribution in [3.63, 3.8) is 0 Å². The third-order valence-electron chi connectivity index (χ3n) is 7.21. The van der Waals surface area contributed by atoms with Gasteiger partial charge in [-0.1, -0.05) is 11.6 Å². The summed E-state index contributed by atoms with van der Waals surface area (Å²) < 4.78 is 38.8. The molecule has 0 aromatic carbocycles. The van der Waals surface area contributed by atoms with Gasteiger partial charge in [0.25, 0.3) is 0 Å². The van der Waals surface area contributed by atoms with E-state index in [0.29, 0.717) is 37.8 Å². The number of piperidine rings is 1. The van der Waals surface area contributed by atoms with Crippen molar-refractivity contribution in [2.45, 2.75) is 63.6 Å². The van der Waals surface area contributed by atoms with Gasteiger partial charge in [-0.25, -0.2) is 4.98 Å². The van der Waals surface area contributed by atoms with Crippen LogP contribution >= 0.6 is 11.6 Å². The molecule has 2 aliphatic heterocycles. The molecule has 3 fully saturated rings. The zero-order valence-electron chi connectivity index (χ0n) is 17.3. The van der Waals surface area contributed by atoms with E-state index in [0.717, 1.165) is 57.2 Å². The second-order valence-electron chi connectivity index (χ2n) is 9.12. The van der Waals surface area contributed by atoms with Crippen LogP contribution in [0.2, 0.25) is 5.02 Å². The van der Waals surface area contributed by atoms with E-state index in [1.807, 2.05) is 9.80 Å². The number of nitriles is 1. The van der Waals surface area contributed by atoms with Crippen LogP contribution in [-0.4, -0.2) is 41.5 Å². The highest BCUT2D eigenvalue weighted by molar-refractivity contribution is 6.33. The second kappa shape index (κ2) is 8.50. The van der Waals surface area contributed by atoms with E-state index in [1.54, 1.807) is 0 Å². The van der Waals surface area contributed by atoms with Crippen molar-refractivity contribution in [3.05, 3.63) is 22.8 Å². The van der Waals surface area contributed by atoms with Gasteiger partial charge in [0.05, 0.1) is 22.1 Å². The molecule has 0 N–H and O–H groups in total. The van der Waals surface area contributed by atoms with Crippen molar-refractivity contribution < 1.29 is 18.0 Å². The molecule has 1 aromatic rings. The quantitative estimate of drug-likeness (QED) is 0.641. The molecule has 31 heavy (non-hydrogen) atoms. The fourth-order valence-corrected chi connectivity index (χ4v) is 5.78. The van der Waals surface area contributed by atoms with E-state index in [-0.39, 0.29) is 17.0 Å². The largest absolute Gasteiger partial charge is 0.417 e. The Labute approximate surface area is 185 Å². The number of likely N-dealkylation sites (tertiary alicyclic amines) is 1. The average Bonchev–Trinajstić information content (AvgIpc) is 3.04. The Morgan fingerprint density at radius 2 is 1.97 bits per heavy atom. The molecule has 1 spiro atoms. The first-order valence-electron chi connectivity index (χ1n) is 10.9. The first kappa shape index (κ1) is 22.2. The Morgan fingerprint density at radius 1 is 1.23 bits per heavy atom. The van der Waals surface area contributed by atoms with Crippen molar-refractivity contribution in [2.24, 2.45) is 11.3 Å². The number of pyridine rings is 1. The minimum absolute atomic E-state index is 0.0370. The molecule has 0 radical (unpaired) electrons. The van der Waals surface area contributed by atoms with Crippen LogP contribution in [0.4, 0.5) is 19.0 Å². The highest BCUT2D eigenvalue weighted by Gasteiger charge is 2.51. The Hall–Kier alpha value is -2.01. The molecule has 9 heteroatoms. The Balaban J connectivity index is 1.46. The number of halogens is 4. The molecule has 2 saturated heterocycles. The number of carbonyl (C=O) groups excluding carboxylic acids is 1. The Bertz CT molecular complexity index is 878. The molecule has 1 saturated carbocycles. The lowest BCUT2D eigenvalue weighted by molar-refractivity contribution is -0.139. The molecular formula is C22H26ClF3N4O. The second-order valence-corrected chi connectivity index (χ2v) is 9.53. The number of aromatic nitrogens is 1. The smallest absolute Gasteiger partial charge is 0.354 e. The summed E-state index contributed by atoms with van der Waals surface area (Å²) in [6.45, 7) is 1.77. The van der Waals surface area contributed by atoms with Crippen LogP contribution in [0.3, 0.4) is 0 Å². The molecule has 1 amide bonds. The number of carbonyl (C=O) groups is 1. The summed E-state index contributed by atoms with van der Waals surface area (Å²) in [7, 11) is 0. The maximum atomic E-state index is 13.5. The van der Waals surface area contributed by atoms with Gasteiger partial charge in [-0.05, 0) is 56.9 Å². The number of hydrogen-bond donors (Lipinski definition) is 0. The lowest BCUT2D eigenvalue weighted by Gasteiger charge is -2.41. The summed E-state index contributed by atoms with van der Waals surface area (Å²) in [4.78, 5) is 21.4. The minimum Gasteiger partial charge on any atom is -0.354 e. The summed E-state index contributed by atoms with van der Waals surface area (Å²) in [5.74, 6) is 0.909. The highest BCUT2D eigenvalue weighted by atomic mass is 35.5. The number of anilines is 1. The molecule has 1 atom stereocenters. The molecule has 5 nitrogen and oxygen atoms in total. The molecular weight excluding hydrogens is 429 g/mol. The van der Waals surface area contributed by atoms with Crippen molar-refractivity contribution in [1.29, 1.82) is 5.26 Å². The van der Waals surface area contributed by atoms with Crippen LogP contribution in [0.15, 0.2) is 12.3 Å². The number of rotatable bonds is 3. The Morgan fingerprint density at radius 3 is 2.61 bits per heavy atom. The highest BCUT2D eigenvalue weighted by Crippen LogP contribution is 2.45. The van der Waals surface area contributed by atoms with Gasteiger partial charge in [-0.2, -0.15) is 18.4 Å². The summed E-state index contributed by atoms with van der Waals surface area (Å²) in [5.41, 5.74) is -1.39. The van der Waals surface area contributed by atoms with Gasteiger partial charge in [0.2, 0.25) is 5.91 Å². The van der Waals surface area contributed by atoms with Gasteiger partial charge in [-0.15, -0.1) is 0 Å². The monoisotopic (exact) mass is 454 g/mol. The maximum absolute atomic E-state index is 13.5. The normalized spacial score (nSPS) is 29.5. The molecule has 1 aromatic heterocycles. The molecule has 3 aliphatic rings. The third kappa shape index (κ3) is 4.34. The van der Waals surface area contributed by atoms with Crippen molar-refractivity contribution in [2.75, 3.05) is 24.5 Å². The van der Waals surface area contributed by atoms with Crippen molar-refractivity contribution in [3.8, 4) is 6.07 Å². The topological polar surface area (TPSA) is 60.2 Å². The first-order valence-corrected chi connectivity index (χ1v) is 11.3. The molecule has 4 rings (SSSR count). The van der Waals surface area contributed by atoms with Gasteiger partial charge < -0.3 is 9.80 Å². The number of nitrogens with zero attached hydrogens (tertiary/aromatic N) is 4. The molecule has 0 bridgehead atoms. The molecule has 3 heterocycles. The maximum Gasteiger partial charge on any atom is 0.417 e. The van der Waals surface area contributed by atoms with Crippen LogP contribution in [0.25, 0.3) is 0 Å². The summed E-state index contributed by atoms with van der Waals surface area (Å²) in [5, 5.41) is 8.87. The van der Waals surface area contributed by atoms with Crippen molar-refractivity contribution in [1.82, 2.24) is 9.88 Å². The SMILES string of the molecule is N#CCC1CCC(N2CC[C@@]3(CCCN(c4ncc(C(F)(F)F)cc4Cl)C3)C2=O)CC1. The van der Waals surface area contributed by atoms with Crippen molar-refractivity contribution >= 4 is 23.3 Å². The Kier molecular flexibility index (Phi) is 6.08. The van der Waals surface area contributed by atoms with Gasteiger partial charge in [0.15, 0.2) is 0 Å². The third-order valence-corrected chi connectivity index (χ3v) is 7.49. The lowest BCUT2D eigenvalue weighted by atomic mass is 9.78. The average molecular weight is 455 g/mol. The number of alkyl halides is 3. The van der Waals surface area contributed by atoms with E-state index < -0.39 is 17.2 Å². The number of hydrogen-bond acceptors (Lipinski definition) is 4. The summed E-state index contributed by atoms with van der Waals surface area (Å²) >= 11 is 6.17. The predicted molar refractivity (Wildman–Crippen MR) is 110 cm³/mol. The summed E-state index contributed by atoms with van der Waals surface area (Å²) in [6, 6.07) is 3.39. The van der Waals surface area contributed by atoms with Crippen LogP contribution in [0, 0.1) is 22.7 Å². The van der Waals surface area contributed by atoms with Crippen LogP contribution in [0.5, 0.6) is 0 Å². The fraction of sp³-hybridized carbons (Fsp3) is 0.682. The molecule has 0 unspecified atom stereocenters. The van der Waals surface area contributed by atoms with Crippen LogP contribution < -0.4 is 4.90 Å². The first-order chi connectivity index (χ1) is 14.7. The fourth-order valence-electron chi connectivity index (χ4n) is 5.50. The minimum atomic E-state index is -4.49. The van der Waals surface area contributed by atoms with Crippen LogP contribution in [-0.2, 0) is 11.0 Å². The van der Waals surface area contributed by atoms with E-state index in [9.17, 15) is 18.0 Å². The summed E-state index contributed by atoms with van der Waals surface area (Å²) in [6.07, 6.45) is 3.03. The standard InChI is InChI=1S/C22H26ClF3N4O/c23-18-12-16(22(24,25)26)13-28-19(18)29-10-1-7-21(14-29)8-11-30(20(21)31)17-4-2-15(3-5-17)6-9-27/h12-13,15,17H,1-8,10-11,14H2/t15?,17?,21-/m1/s1. The number of amides is 1.